The summed E-state index contributed by atoms with van der Waals surface area (Å²) < 4.78 is 6.97. The number of carbonyl (C=O) groups excluding carboxylic acids is 1. The van der Waals surface area contributed by atoms with Gasteiger partial charge in [0.15, 0.2) is 0 Å². The van der Waals surface area contributed by atoms with Gasteiger partial charge in [-0.1, -0.05) is 11.6 Å². The van der Waals surface area contributed by atoms with Crippen LogP contribution in [0.1, 0.15) is 35.3 Å². The van der Waals surface area contributed by atoms with E-state index in [1.54, 1.807) is 27.0 Å². The van der Waals surface area contributed by atoms with Crippen molar-refractivity contribution < 1.29 is 14.3 Å². The van der Waals surface area contributed by atoms with Gasteiger partial charge in [0.05, 0.1) is 18.7 Å². The Labute approximate surface area is 140 Å². The lowest BCUT2D eigenvalue weighted by molar-refractivity contribution is -0.121. The van der Waals surface area contributed by atoms with Gasteiger partial charge in [-0.25, -0.2) is 0 Å². The molecule has 0 spiro atoms. The van der Waals surface area contributed by atoms with Gasteiger partial charge in [0.2, 0.25) is 5.91 Å². The molecule has 0 saturated heterocycles. The van der Waals surface area contributed by atoms with E-state index in [1.807, 2.05) is 13.8 Å². The summed E-state index contributed by atoms with van der Waals surface area (Å²) >= 11 is 6.13. The summed E-state index contributed by atoms with van der Waals surface area (Å²) in [4.78, 5) is 12.2. The molecule has 1 atom stereocenters. The van der Waals surface area contributed by atoms with Gasteiger partial charge in [0.1, 0.15) is 22.3 Å². The van der Waals surface area contributed by atoms with Crippen LogP contribution in [0.3, 0.4) is 0 Å². The smallest absolute Gasteiger partial charge is 0.224 e. The molecule has 6 nitrogen and oxygen atoms in total. The van der Waals surface area contributed by atoms with Crippen LogP contribution in [0.25, 0.3) is 0 Å². The second-order valence-electron chi connectivity index (χ2n) is 6.03. The van der Waals surface area contributed by atoms with Crippen molar-refractivity contribution in [3.05, 3.63) is 39.6 Å². The molecule has 7 heteroatoms. The van der Waals surface area contributed by atoms with E-state index < -0.39 is 5.60 Å². The molecule has 2 aromatic heterocycles. The quantitative estimate of drug-likeness (QED) is 0.874. The van der Waals surface area contributed by atoms with Crippen LogP contribution in [0.2, 0.25) is 5.15 Å². The van der Waals surface area contributed by atoms with Crippen LogP contribution in [0.4, 0.5) is 0 Å². The van der Waals surface area contributed by atoms with E-state index in [1.165, 1.54) is 4.68 Å². The number of halogens is 1. The first-order chi connectivity index (χ1) is 10.6. The average molecular weight is 340 g/mol. The monoisotopic (exact) mass is 339 g/mol. The zero-order chi connectivity index (χ0) is 17.4. The number of aliphatic hydroxyl groups is 1. The molecule has 1 amide bonds. The van der Waals surface area contributed by atoms with Gasteiger partial charge in [-0.05, 0) is 33.8 Å². The first-order valence-corrected chi connectivity index (χ1v) is 7.74. The maximum Gasteiger partial charge on any atom is 0.224 e. The first-order valence-electron chi connectivity index (χ1n) is 7.36. The molecule has 0 fully saturated rings. The van der Waals surface area contributed by atoms with Crippen molar-refractivity contribution in [3.63, 3.8) is 0 Å². The summed E-state index contributed by atoms with van der Waals surface area (Å²) in [6.45, 7) is 7.15. The molecule has 0 radical (unpaired) electrons. The van der Waals surface area contributed by atoms with Gasteiger partial charge < -0.3 is 14.8 Å². The fraction of sp³-hybridized carbons (Fsp3) is 0.500. The molecule has 1 unspecified atom stereocenters. The molecule has 23 heavy (non-hydrogen) atoms. The van der Waals surface area contributed by atoms with Gasteiger partial charge in [0, 0.05) is 18.2 Å². The van der Waals surface area contributed by atoms with Crippen molar-refractivity contribution in [2.75, 3.05) is 6.54 Å². The van der Waals surface area contributed by atoms with Crippen LogP contribution in [0.5, 0.6) is 0 Å². The third kappa shape index (κ3) is 3.76. The minimum absolute atomic E-state index is 0.0859. The zero-order valence-corrected chi connectivity index (χ0v) is 14.8. The maximum absolute atomic E-state index is 12.2. The number of hydrogen-bond donors (Lipinski definition) is 2. The van der Waals surface area contributed by atoms with Crippen LogP contribution in [0.15, 0.2) is 10.5 Å². The normalized spacial score (nSPS) is 13.9. The Morgan fingerprint density at radius 1 is 1.48 bits per heavy atom. The molecule has 2 rings (SSSR count). The van der Waals surface area contributed by atoms with E-state index in [0.29, 0.717) is 22.0 Å². The van der Waals surface area contributed by atoms with Gasteiger partial charge in [0.25, 0.3) is 0 Å². The van der Waals surface area contributed by atoms with E-state index in [0.717, 1.165) is 11.5 Å². The highest BCUT2D eigenvalue weighted by atomic mass is 35.5. The molecular weight excluding hydrogens is 318 g/mol. The van der Waals surface area contributed by atoms with E-state index >= 15 is 0 Å². The summed E-state index contributed by atoms with van der Waals surface area (Å²) in [7, 11) is 1.73. The Hall–Kier alpha value is -1.79. The van der Waals surface area contributed by atoms with Crippen molar-refractivity contribution in [1.82, 2.24) is 15.1 Å². The van der Waals surface area contributed by atoms with Crippen molar-refractivity contribution in [3.8, 4) is 0 Å². The number of aromatic nitrogens is 2. The van der Waals surface area contributed by atoms with E-state index in [2.05, 4.69) is 10.4 Å². The van der Waals surface area contributed by atoms with Crippen LogP contribution in [-0.2, 0) is 23.9 Å². The minimum Gasteiger partial charge on any atom is -0.466 e. The summed E-state index contributed by atoms with van der Waals surface area (Å²) in [6, 6.07) is 1.78. The highest BCUT2D eigenvalue weighted by Crippen LogP contribution is 2.26. The highest BCUT2D eigenvalue weighted by Gasteiger charge is 2.28. The van der Waals surface area contributed by atoms with Crippen molar-refractivity contribution >= 4 is 17.5 Å². The van der Waals surface area contributed by atoms with E-state index in [9.17, 15) is 9.90 Å². The summed E-state index contributed by atoms with van der Waals surface area (Å²) in [5.41, 5.74) is 0.888. The maximum atomic E-state index is 12.2. The third-order valence-corrected chi connectivity index (χ3v) is 4.33. The Morgan fingerprint density at radius 3 is 2.61 bits per heavy atom. The van der Waals surface area contributed by atoms with Crippen molar-refractivity contribution in [2.45, 2.75) is 39.7 Å². The lowest BCUT2D eigenvalue weighted by Crippen LogP contribution is -2.39. The van der Waals surface area contributed by atoms with E-state index in [4.69, 9.17) is 16.0 Å². The zero-order valence-electron chi connectivity index (χ0n) is 14.0. The van der Waals surface area contributed by atoms with Crippen LogP contribution < -0.4 is 5.32 Å². The Morgan fingerprint density at radius 2 is 2.13 bits per heavy atom. The number of rotatable bonds is 5. The van der Waals surface area contributed by atoms with Gasteiger partial charge in [-0.2, -0.15) is 5.10 Å². The highest BCUT2D eigenvalue weighted by molar-refractivity contribution is 6.30. The third-order valence-electron chi connectivity index (χ3n) is 3.86. The van der Waals surface area contributed by atoms with Crippen LogP contribution in [-0.4, -0.2) is 27.3 Å². The number of hydrogen-bond acceptors (Lipinski definition) is 4. The molecule has 2 aromatic rings. The lowest BCUT2D eigenvalue weighted by atomic mass is 9.96. The Kier molecular flexibility index (Phi) is 4.87. The van der Waals surface area contributed by atoms with Crippen LogP contribution >= 0.6 is 11.6 Å². The van der Waals surface area contributed by atoms with E-state index in [-0.39, 0.29) is 18.9 Å². The number of nitrogens with zero attached hydrogens (tertiary/aromatic N) is 2. The summed E-state index contributed by atoms with van der Waals surface area (Å²) in [5.74, 6) is 1.15. The fourth-order valence-corrected chi connectivity index (χ4v) is 2.87. The average Bonchev–Trinajstić information content (AvgIpc) is 2.91. The number of amides is 1. The predicted octanol–water partition coefficient (Wildman–Crippen LogP) is 2.16. The van der Waals surface area contributed by atoms with Gasteiger partial charge in [-0.15, -0.1) is 0 Å². The number of nitrogens with one attached hydrogen (secondary N) is 1. The largest absolute Gasteiger partial charge is 0.466 e. The fourth-order valence-electron chi connectivity index (χ4n) is 2.63. The molecule has 0 saturated carbocycles. The van der Waals surface area contributed by atoms with Crippen molar-refractivity contribution in [1.29, 1.82) is 0 Å². The minimum atomic E-state index is -1.20. The van der Waals surface area contributed by atoms with Gasteiger partial charge in [-0.3, -0.25) is 9.48 Å². The Bertz CT molecular complexity index is 731. The molecular formula is C16H22ClN3O3. The molecule has 0 aliphatic carbocycles. The molecule has 126 valence electrons. The molecule has 0 aliphatic rings. The molecule has 2 N–H and O–H groups in total. The standard InChI is InChI=1S/C16H22ClN3O3/c1-9-6-13(11(3)23-9)16(4,22)8-18-14(21)7-12-10(2)19-20(5)15(12)17/h6,22H,7-8H2,1-5H3,(H,18,21). The molecule has 0 aromatic carbocycles. The number of furan rings is 1. The topological polar surface area (TPSA) is 80.3 Å². The number of carbonyl (C=O) groups is 1. The second kappa shape index (κ2) is 6.37. The summed E-state index contributed by atoms with van der Waals surface area (Å²) in [5, 5.41) is 18.0. The van der Waals surface area contributed by atoms with Crippen molar-refractivity contribution in [2.24, 2.45) is 7.05 Å². The second-order valence-corrected chi connectivity index (χ2v) is 6.39. The molecule has 2 heterocycles. The molecule has 0 bridgehead atoms. The number of aryl methyl sites for hydroxylation is 4. The van der Waals surface area contributed by atoms with Gasteiger partial charge >= 0.3 is 0 Å². The predicted molar refractivity (Wildman–Crippen MR) is 87.4 cm³/mol. The SMILES string of the molecule is Cc1cc(C(C)(O)CNC(=O)Cc2c(C)nn(C)c2Cl)c(C)o1. The van der Waals surface area contributed by atoms with Crippen LogP contribution in [0, 0.1) is 20.8 Å². The first kappa shape index (κ1) is 17.6. The summed E-state index contributed by atoms with van der Waals surface area (Å²) in [6.07, 6.45) is 0.123. The lowest BCUT2D eigenvalue weighted by Gasteiger charge is -2.23. The Balaban J connectivity index is 2.02. The molecule has 0 aliphatic heterocycles.